The van der Waals surface area contributed by atoms with Crippen molar-refractivity contribution in [3.63, 3.8) is 0 Å². The van der Waals surface area contributed by atoms with Gasteiger partial charge >= 0.3 is 6.64 Å². The minimum Gasteiger partial charge on any atom is -0.431 e. The molecule has 1 aromatic carbocycles. The van der Waals surface area contributed by atoms with E-state index in [0.29, 0.717) is 10.8 Å². The Labute approximate surface area is 119 Å². The van der Waals surface area contributed by atoms with Gasteiger partial charge in [0.25, 0.3) is 0 Å². The molecule has 1 atom stereocenters. The van der Waals surface area contributed by atoms with Gasteiger partial charge in [0.15, 0.2) is 0 Å². The van der Waals surface area contributed by atoms with E-state index >= 15 is 0 Å². The van der Waals surface area contributed by atoms with Crippen LogP contribution in [0.4, 0.5) is 0 Å². The fourth-order valence-electron chi connectivity index (χ4n) is 1.35. The Morgan fingerprint density at radius 3 is 2.33 bits per heavy atom. The van der Waals surface area contributed by atoms with Crippen LogP contribution in [0.1, 0.15) is 26.3 Å². The summed E-state index contributed by atoms with van der Waals surface area (Å²) in [5.74, 6) is 0.546. The fourth-order valence-corrected chi connectivity index (χ4v) is 2.63. The molecule has 0 aliphatic rings. The van der Waals surface area contributed by atoms with Gasteiger partial charge in [-0.05, 0) is 42.0 Å². The normalized spacial score (nSPS) is 15.2. The molecule has 0 fully saturated rings. The van der Waals surface area contributed by atoms with E-state index in [1.54, 1.807) is 7.05 Å². The van der Waals surface area contributed by atoms with E-state index in [4.69, 9.17) is 32.5 Å². The first-order chi connectivity index (χ1) is 8.22. The predicted octanol–water partition coefficient (Wildman–Crippen LogP) is 4.11. The van der Waals surface area contributed by atoms with Gasteiger partial charge in [-0.25, -0.2) is 5.09 Å². The number of benzene rings is 1. The monoisotopic (exact) mass is 307 g/mol. The molecule has 1 unspecified atom stereocenters. The van der Waals surface area contributed by atoms with Crippen LogP contribution in [0.25, 0.3) is 0 Å². The number of halogens is 1. The Hall–Kier alpha value is -0.120. The highest BCUT2D eigenvalue weighted by Gasteiger charge is 2.20. The summed E-state index contributed by atoms with van der Waals surface area (Å²) in [6.45, 7) is 3.91. The molecular weight excluding hydrogens is 289 g/mol. The highest BCUT2D eigenvalue weighted by molar-refractivity contribution is 8.09. The third kappa shape index (κ3) is 3.94. The Morgan fingerprint density at radius 2 is 1.94 bits per heavy atom. The summed E-state index contributed by atoms with van der Waals surface area (Å²) < 4.78 is 10.8. The minimum absolute atomic E-state index is 0.0482. The number of hydrogen-bond donors (Lipinski definition) is 1. The topological polar surface area (TPSA) is 30.5 Å². The molecule has 0 bridgehead atoms. The van der Waals surface area contributed by atoms with Gasteiger partial charge in [0.2, 0.25) is 0 Å². The van der Waals surface area contributed by atoms with Gasteiger partial charge in [-0.3, -0.25) is 0 Å². The standard InChI is InChI=1S/C12H19ClNO2PS/c1-12(2,3)9-6-7-11(10(13)8-9)16-17(18,14-4)15-5/h6-8H,1-5H3,(H,14,18). The number of nitrogens with one attached hydrogen (secondary N) is 1. The van der Waals surface area contributed by atoms with Crippen molar-refractivity contribution in [1.82, 2.24) is 5.09 Å². The lowest BCUT2D eigenvalue weighted by atomic mass is 9.87. The van der Waals surface area contributed by atoms with Gasteiger partial charge in [0.05, 0.1) is 5.02 Å². The zero-order chi connectivity index (χ0) is 14.0. The molecule has 3 nitrogen and oxygen atoms in total. The molecule has 0 saturated heterocycles. The van der Waals surface area contributed by atoms with Crippen molar-refractivity contribution in [2.24, 2.45) is 0 Å². The molecular formula is C12H19ClNO2PS. The van der Waals surface area contributed by atoms with Gasteiger partial charge in [0.1, 0.15) is 5.75 Å². The Balaban J connectivity index is 3.04. The van der Waals surface area contributed by atoms with Crippen LogP contribution in [0.15, 0.2) is 18.2 Å². The van der Waals surface area contributed by atoms with Crippen molar-refractivity contribution < 1.29 is 9.05 Å². The maximum absolute atomic E-state index is 6.22. The van der Waals surface area contributed by atoms with Gasteiger partial charge in [-0.1, -0.05) is 38.4 Å². The first-order valence-corrected chi connectivity index (χ1v) is 8.58. The van der Waals surface area contributed by atoms with Gasteiger partial charge in [-0.2, -0.15) is 0 Å². The first kappa shape index (κ1) is 15.9. The van der Waals surface area contributed by atoms with E-state index in [0.717, 1.165) is 5.56 Å². The van der Waals surface area contributed by atoms with Crippen LogP contribution in [0.3, 0.4) is 0 Å². The third-order valence-electron chi connectivity index (χ3n) is 2.53. The molecule has 0 amide bonds. The molecule has 0 aromatic heterocycles. The molecule has 1 rings (SSSR count). The van der Waals surface area contributed by atoms with E-state index in [1.807, 2.05) is 18.2 Å². The van der Waals surface area contributed by atoms with Crippen LogP contribution in [-0.2, 0) is 21.7 Å². The second kappa shape index (κ2) is 5.89. The molecule has 102 valence electrons. The SMILES string of the molecule is CNP(=S)(OC)Oc1ccc(C(C)(C)C)cc1Cl. The maximum Gasteiger partial charge on any atom is 0.312 e. The largest absolute Gasteiger partial charge is 0.431 e. The first-order valence-electron chi connectivity index (χ1n) is 5.56. The van der Waals surface area contributed by atoms with Crippen molar-refractivity contribution in [3.05, 3.63) is 28.8 Å². The number of hydrogen-bond acceptors (Lipinski definition) is 3. The van der Waals surface area contributed by atoms with E-state index in [9.17, 15) is 0 Å². The third-order valence-corrected chi connectivity index (χ3v) is 5.51. The van der Waals surface area contributed by atoms with Crippen molar-refractivity contribution in [2.75, 3.05) is 14.2 Å². The molecule has 0 spiro atoms. The smallest absolute Gasteiger partial charge is 0.312 e. The average Bonchev–Trinajstić information content (AvgIpc) is 2.30. The lowest BCUT2D eigenvalue weighted by Crippen LogP contribution is -2.12. The molecule has 1 N–H and O–H groups in total. The molecule has 0 saturated carbocycles. The lowest BCUT2D eigenvalue weighted by molar-refractivity contribution is 0.384. The summed E-state index contributed by atoms with van der Waals surface area (Å²) >= 11 is 11.5. The summed E-state index contributed by atoms with van der Waals surface area (Å²) in [5.41, 5.74) is 1.20. The molecule has 18 heavy (non-hydrogen) atoms. The maximum atomic E-state index is 6.22. The summed E-state index contributed by atoms with van der Waals surface area (Å²) in [6.07, 6.45) is 0. The number of rotatable bonds is 4. The Bertz CT molecular complexity index is 466. The highest BCUT2D eigenvalue weighted by Crippen LogP contribution is 2.45. The summed E-state index contributed by atoms with van der Waals surface area (Å²) in [4.78, 5) is 0. The van der Waals surface area contributed by atoms with Crippen molar-refractivity contribution in [3.8, 4) is 5.75 Å². The highest BCUT2D eigenvalue weighted by atomic mass is 35.5. The predicted molar refractivity (Wildman–Crippen MR) is 81.1 cm³/mol. The minimum atomic E-state index is -2.49. The van der Waals surface area contributed by atoms with Crippen molar-refractivity contribution >= 4 is 30.1 Å². The van der Waals surface area contributed by atoms with Crippen molar-refractivity contribution in [1.29, 1.82) is 0 Å². The van der Waals surface area contributed by atoms with Crippen LogP contribution < -0.4 is 9.61 Å². The van der Waals surface area contributed by atoms with Gasteiger partial charge in [0, 0.05) is 7.11 Å². The molecule has 0 heterocycles. The van der Waals surface area contributed by atoms with Crippen LogP contribution in [0.5, 0.6) is 5.75 Å². The Kier molecular flexibility index (Phi) is 5.22. The molecule has 0 radical (unpaired) electrons. The van der Waals surface area contributed by atoms with Crippen LogP contribution in [0.2, 0.25) is 5.02 Å². The molecule has 1 aromatic rings. The van der Waals surface area contributed by atoms with E-state index < -0.39 is 6.64 Å². The molecule has 0 aliphatic heterocycles. The van der Waals surface area contributed by atoms with Crippen LogP contribution in [0, 0.1) is 0 Å². The summed E-state index contributed by atoms with van der Waals surface area (Å²) in [5, 5.41) is 3.42. The van der Waals surface area contributed by atoms with Gasteiger partial charge < -0.3 is 9.05 Å². The zero-order valence-corrected chi connectivity index (χ0v) is 13.7. The van der Waals surface area contributed by atoms with E-state index in [1.165, 1.54) is 7.11 Å². The summed E-state index contributed by atoms with van der Waals surface area (Å²) in [7, 11) is 3.23. The van der Waals surface area contributed by atoms with Crippen LogP contribution >= 0.6 is 18.2 Å². The molecule has 0 aliphatic carbocycles. The quantitative estimate of drug-likeness (QED) is 0.848. The second-order valence-electron chi connectivity index (χ2n) is 4.89. The Morgan fingerprint density at radius 1 is 1.33 bits per heavy atom. The lowest BCUT2D eigenvalue weighted by Gasteiger charge is -2.23. The molecule has 6 heteroatoms. The van der Waals surface area contributed by atoms with Crippen molar-refractivity contribution in [2.45, 2.75) is 26.2 Å². The van der Waals surface area contributed by atoms with E-state index in [-0.39, 0.29) is 5.41 Å². The van der Waals surface area contributed by atoms with E-state index in [2.05, 4.69) is 25.9 Å². The zero-order valence-electron chi connectivity index (χ0n) is 11.3. The van der Waals surface area contributed by atoms with Crippen LogP contribution in [-0.4, -0.2) is 14.2 Å². The average molecular weight is 308 g/mol. The summed E-state index contributed by atoms with van der Waals surface area (Å²) in [6, 6.07) is 5.73. The van der Waals surface area contributed by atoms with Gasteiger partial charge in [-0.15, -0.1) is 0 Å². The fraction of sp³-hybridized carbons (Fsp3) is 0.500. The second-order valence-corrected chi connectivity index (χ2v) is 8.73.